The van der Waals surface area contributed by atoms with Crippen LogP contribution in [0.1, 0.15) is 0 Å². The average molecular weight is 302 g/mol. The van der Waals surface area contributed by atoms with Crippen molar-refractivity contribution in [2.24, 2.45) is 0 Å². The van der Waals surface area contributed by atoms with Crippen molar-refractivity contribution in [2.45, 2.75) is 0 Å². The second kappa shape index (κ2) is 2.92. The van der Waals surface area contributed by atoms with Crippen LogP contribution >= 0.6 is 38.5 Å². The Morgan fingerprint density at radius 3 is 2.78 bits per heavy atom. The minimum atomic E-state index is -0.317. The highest BCUT2D eigenvalue weighted by molar-refractivity contribution is 14.1. The predicted octanol–water partition coefficient (Wildman–Crippen LogP) is 2.59. The van der Waals surface area contributed by atoms with Crippen LogP contribution in [0.15, 0.2) is 16.7 Å². The smallest absolute Gasteiger partial charge is 0.142 e. The van der Waals surface area contributed by atoms with Crippen LogP contribution in [0.25, 0.3) is 0 Å². The van der Waals surface area contributed by atoms with E-state index in [1.165, 1.54) is 12.3 Å². The number of aromatic nitrogens is 1. The minimum absolute atomic E-state index is 0.317. The van der Waals surface area contributed by atoms with Gasteiger partial charge in [0.2, 0.25) is 0 Å². The first-order chi connectivity index (χ1) is 4.20. The van der Waals surface area contributed by atoms with Crippen molar-refractivity contribution in [3.8, 4) is 0 Å². The Morgan fingerprint density at radius 1 is 1.67 bits per heavy atom. The highest BCUT2D eigenvalue weighted by Crippen LogP contribution is 2.16. The molecule has 1 rings (SSSR count). The molecule has 0 fully saturated rings. The van der Waals surface area contributed by atoms with Crippen LogP contribution < -0.4 is 0 Å². The topological polar surface area (TPSA) is 12.9 Å². The maximum Gasteiger partial charge on any atom is 0.142 e. The van der Waals surface area contributed by atoms with Crippen LogP contribution in [-0.2, 0) is 0 Å². The second-order valence-electron chi connectivity index (χ2n) is 1.43. The monoisotopic (exact) mass is 301 g/mol. The van der Waals surface area contributed by atoms with Gasteiger partial charge in [0.1, 0.15) is 9.52 Å². The Kier molecular flexibility index (Phi) is 2.40. The fourth-order valence-corrected chi connectivity index (χ4v) is 1.01. The predicted molar refractivity (Wildman–Crippen MR) is 44.6 cm³/mol. The van der Waals surface area contributed by atoms with Crippen molar-refractivity contribution in [2.75, 3.05) is 0 Å². The number of rotatable bonds is 0. The Bertz CT molecular complexity index is 228. The molecule has 0 aliphatic rings. The summed E-state index contributed by atoms with van der Waals surface area (Å²) in [6.07, 6.45) is 1.19. The van der Waals surface area contributed by atoms with Gasteiger partial charge in [0.25, 0.3) is 0 Å². The number of hydrogen-bond acceptors (Lipinski definition) is 1. The summed E-state index contributed by atoms with van der Waals surface area (Å²) >= 11 is 5.15. The molecule has 1 aromatic heterocycles. The molecule has 0 bridgehead atoms. The first-order valence-corrected chi connectivity index (χ1v) is 4.04. The van der Waals surface area contributed by atoms with Gasteiger partial charge in [-0.1, -0.05) is 0 Å². The van der Waals surface area contributed by atoms with Crippen LogP contribution in [0.2, 0.25) is 0 Å². The zero-order valence-electron chi connectivity index (χ0n) is 4.24. The lowest BCUT2D eigenvalue weighted by molar-refractivity contribution is 0.619. The van der Waals surface area contributed by atoms with Crippen LogP contribution in [0.4, 0.5) is 4.39 Å². The standard InChI is InChI=1S/C5H2BrFIN/c6-4-1-3(7)2-9-5(4)8/h1-2H. The molecule has 0 saturated heterocycles. The van der Waals surface area contributed by atoms with Gasteiger partial charge in [0.15, 0.2) is 0 Å². The van der Waals surface area contributed by atoms with E-state index in [9.17, 15) is 4.39 Å². The van der Waals surface area contributed by atoms with Gasteiger partial charge >= 0.3 is 0 Å². The summed E-state index contributed by atoms with van der Waals surface area (Å²) in [7, 11) is 0. The molecule has 0 aliphatic heterocycles. The molecule has 1 heterocycles. The summed E-state index contributed by atoms with van der Waals surface area (Å²) in [4.78, 5) is 3.74. The van der Waals surface area contributed by atoms with Crippen molar-refractivity contribution in [3.05, 3.63) is 26.3 Å². The van der Waals surface area contributed by atoms with Gasteiger partial charge in [-0.05, 0) is 44.6 Å². The normalized spacial score (nSPS) is 9.67. The summed E-state index contributed by atoms with van der Waals surface area (Å²) in [5.41, 5.74) is 0. The van der Waals surface area contributed by atoms with E-state index in [2.05, 4.69) is 20.9 Å². The maximum atomic E-state index is 12.3. The van der Waals surface area contributed by atoms with Gasteiger partial charge in [-0.15, -0.1) is 0 Å². The first-order valence-electron chi connectivity index (χ1n) is 2.16. The van der Waals surface area contributed by atoms with E-state index >= 15 is 0 Å². The number of halogens is 3. The van der Waals surface area contributed by atoms with E-state index in [1.54, 1.807) is 0 Å². The number of pyridine rings is 1. The quantitative estimate of drug-likeness (QED) is 0.530. The largest absolute Gasteiger partial charge is 0.246 e. The Morgan fingerprint density at radius 2 is 2.33 bits per heavy atom. The molecule has 1 aromatic rings. The molecule has 0 N–H and O–H groups in total. The molecule has 0 unspecified atom stereocenters. The molecule has 0 saturated carbocycles. The average Bonchev–Trinajstić information content (AvgIpc) is 1.80. The maximum absolute atomic E-state index is 12.3. The van der Waals surface area contributed by atoms with Gasteiger partial charge in [-0.3, -0.25) is 0 Å². The van der Waals surface area contributed by atoms with Gasteiger partial charge in [0, 0.05) is 0 Å². The molecule has 0 aromatic carbocycles. The number of nitrogens with zero attached hydrogens (tertiary/aromatic N) is 1. The molecule has 0 atom stereocenters. The van der Waals surface area contributed by atoms with E-state index in [0.29, 0.717) is 4.47 Å². The van der Waals surface area contributed by atoms with Gasteiger partial charge in [-0.25, -0.2) is 9.37 Å². The van der Waals surface area contributed by atoms with Gasteiger partial charge in [-0.2, -0.15) is 0 Å². The minimum Gasteiger partial charge on any atom is -0.246 e. The van der Waals surface area contributed by atoms with Crippen LogP contribution in [0, 0.1) is 9.52 Å². The van der Waals surface area contributed by atoms with Crippen LogP contribution in [0.5, 0.6) is 0 Å². The summed E-state index contributed by atoms with van der Waals surface area (Å²) in [5.74, 6) is -0.317. The Balaban J connectivity index is 3.17. The molecule has 48 valence electrons. The summed E-state index contributed by atoms with van der Waals surface area (Å²) in [6.45, 7) is 0. The molecule has 0 spiro atoms. The SMILES string of the molecule is Fc1cnc(I)c(Br)c1. The molecular weight excluding hydrogens is 300 g/mol. The summed E-state index contributed by atoms with van der Waals surface area (Å²) < 4.78 is 13.7. The van der Waals surface area contributed by atoms with Crippen molar-refractivity contribution in [3.63, 3.8) is 0 Å². The third-order valence-electron chi connectivity index (χ3n) is 0.763. The van der Waals surface area contributed by atoms with E-state index in [-0.39, 0.29) is 5.82 Å². The molecular formula is C5H2BrFIN. The molecule has 1 nitrogen and oxygen atoms in total. The molecule has 0 amide bonds. The zero-order chi connectivity index (χ0) is 6.85. The second-order valence-corrected chi connectivity index (χ2v) is 3.30. The molecule has 4 heteroatoms. The summed E-state index contributed by atoms with van der Waals surface area (Å²) in [5, 5.41) is 0. The van der Waals surface area contributed by atoms with E-state index in [1.807, 2.05) is 22.6 Å². The molecule has 0 radical (unpaired) electrons. The molecule has 0 aliphatic carbocycles. The third kappa shape index (κ3) is 1.86. The fourth-order valence-electron chi connectivity index (χ4n) is 0.398. The lowest BCUT2D eigenvalue weighted by atomic mass is 10.5. The Hall–Kier alpha value is 0.290. The van der Waals surface area contributed by atoms with E-state index in [4.69, 9.17) is 0 Å². The van der Waals surface area contributed by atoms with Crippen molar-refractivity contribution in [1.82, 2.24) is 4.98 Å². The van der Waals surface area contributed by atoms with Gasteiger partial charge < -0.3 is 0 Å². The number of hydrogen-bond donors (Lipinski definition) is 0. The molecule has 9 heavy (non-hydrogen) atoms. The van der Waals surface area contributed by atoms with E-state index in [0.717, 1.165) is 3.70 Å². The zero-order valence-corrected chi connectivity index (χ0v) is 7.98. The van der Waals surface area contributed by atoms with Crippen molar-refractivity contribution in [1.29, 1.82) is 0 Å². The van der Waals surface area contributed by atoms with Crippen LogP contribution in [0.3, 0.4) is 0 Å². The van der Waals surface area contributed by atoms with Gasteiger partial charge in [0.05, 0.1) is 10.7 Å². The third-order valence-corrected chi connectivity index (χ3v) is 2.97. The first kappa shape index (κ1) is 7.40. The summed E-state index contributed by atoms with van der Waals surface area (Å²) in [6, 6.07) is 1.38. The highest BCUT2D eigenvalue weighted by atomic mass is 127. The van der Waals surface area contributed by atoms with E-state index < -0.39 is 0 Å². The lowest BCUT2D eigenvalue weighted by Crippen LogP contribution is -1.82. The van der Waals surface area contributed by atoms with Crippen molar-refractivity contribution >= 4 is 38.5 Å². The van der Waals surface area contributed by atoms with Crippen molar-refractivity contribution < 1.29 is 4.39 Å². The Labute approximate surface area is 73.9 Å². The van der Waals surface area contributed by atoms with Crippen LogP contribution in [-0.4, -0.2) is 4.98 Å². The highest BCUT2D eigenvalue weighted by Gasteiger charge is 1.96. The fraction of sp³-hybridized carbons (Fsp3) is 0. The lowest BCUT2D eigenvalue weighted by Gasteiger charge is -1.91.